The van der Waals surface area contributed by atoms with Gasteiger partial charge in [-0.2, -0.15) is 0 Å². The molecule has 1 aromatic carbocycles. The number of hydrogen-bond acceptors (Lipinski definition) is 3. The van der Waals surface area contributed by atoms with Crippen LogP contribution < -0.4 is 9.47 Å². The van der Waals surface area contributed by atoms with Gasteiger partial charge in [0, 0.05) is 5.56 Å². The fraction of sp³-hybridized carbons (Fsp3) is 0.222. The lowest BCUT2D eigenvalue weighted by Crippen LogP contribution is -1.97. The lowest BCUT2D eigenvalue weighted by atomic mass is 10.2. The maximum Gasteiger partial charge on any atom is 0.252 e. The van der Waals surface area contributed by atoms with Gasteiger partial charge in [0.1, 0.15) is 0 Å². The molecule has 76 valence electrons. The van der Waals surface area contributed by atoms with Crippen LogP contribution in [0.5, 0.6) is 11.5 Å². The van der Waals surface area contributed by atoms with Gasteiger partial charge in [-0.25, -0.2) is 0 Å². The highest BCUT2D eigenvalue weighted by Crippen LogP contribution is 2.33. The molecule has 1 aromatic rings. The Balaban J connectivity index is 3.31. The van der Waals surface area contributed by atoms with Crippen molar-refractivity contribution in [2.45, 2.75) is 0 Å². The molecule has 0 aliphatic carbocycles. The fourth-order valence-corrected chi connectivity index (χ4v) is 1.96. The predicted molar refractivity (Wildman–Crippen MR) is 62.4 cm³/mol. The molecule has 0 spiro atoms. The van der Waals surface area contributed by atoms with Crippen LogP contribution in [-0.4, -0.2) is 19.5 Å². The first-order valence-corrected chi connectivity index (χ1v) is 5.17. The lowest BCUT2D eigenvalue weighted by Gasteiger charge is -2.10. The van der Waals surface area contributed by atoms with Crippen LogP contribution in [0.4, 0.5) is 0 Å². The zero-order chi connectivity index (χ0) is 10.7. The highest BCUT2D eigenvalue weighted by atomic mass is 127. The van der Waals surface area contributed by atoms with E-state index < -0.39 is 5.24 Å². The summed E-state index contributed by atoms with van der Waals surface area (Å²) >= 11 is 7.41. The van der Waals surface area contributed by atoms with Gasteiger partial charge < -0.3 is 9.47 Å². The van der Waals surface area contributed by atoms with Crippen LogP contribution in [0.1, 0.15) is 10.4 Å². The second-order valence-corrected chi connectivity index (χ2v) is 3.97. The standard InChI is InChI=1S/C9H8ClIO3/c1-13-7-4-5(9(10)12)3-6(11)8(7)14-2/h3-4H,1-2H3. The van der Waals surface area contributed by atoms with Crippen LogP contribution >= 0.6 is 34.2 Å². The minimum atomic E-state index is -0.510. The van der Waals surface area contributed by atoms with Gasteiger partial charge in [-0.3, -0.25) is 4.79 Å². The van der Waals surface area contributed by atoms with Gasteiger partial charge in [-0.1, -0.05) is 0 Å². The Kier molecular flexibility index (Phi) is 4.00. The molecule has 0 atom stereocenters. The van der Waals surface area contributed by atoms with Crippen LogP contribution in [0.3, 0.4) is 0 Å². The van der Waals surface area contributed by atoms with E-state index in [-0.39, 0.29) is 0 Å². The van der Waals surface area contributed by atoms with E-state index in [1.165, 1.54) is 7.11 Å². The molecule has 3 nitrogen and oxygen atoms in total. The largest absolute Gasteiger partial charge is 0.493 e. The molecule has 0 fully saturated rings. The normalized spacial score (nSPS) is 9.71. The number of halogens is 2. The smallest absolute Gasteiger partial charge is 0.252 e. The van der Waals surface area contributed by atoms with Crippen molar-refractivity contribution >= 4 is 39.4 Å². The SMILES string of the molecule is COc1cc(C(=O)Cl)cc(I)c1OC. The molecule has 0 amide bonds. The van der Waals surface area contributed by atoms with E-state index in [1.807, 2.05) is 0 Å². The maximum atomic E-state index is 10.9. The van der Waals surface area contributed by atoms with Crippen LogP contribution in [0.15, 0.2) is 12.1 Å². The van der Waals surface area contributed by atoms with E-state index in [0.29, 0.717) is 17.1 Å². The maximum absolute atomic E-state index is 10.9. The monoisotopic (exact) mass is 326 g/mol. The Morgan fingerprint density at radius 1 is 1.36 bits per heavy atom. The summed E-state index contributed by atoms with van der Waals surface area (Å²) in [5, 5.41) is -0.510. The molecule has 0 radical (unpaired) electrons. The van der Waals surface area contributed by atoms with E-state index in [9.17, 15) is 4.79 Å². The van der Waals surface area contributed by atoms with Gasteiger partial charge in [-0.05, 0) is 46.3 Å². The molecule has 0 aliphatic rings. The van der Waals surface area contributed by atoms with Gasteiger partial charge >= 0.3 is 0 Å². The van der Waals surface area contributed by atoms with Crippen molar-refractivity contribution in [2.75, 3.05) is 14.2 Å². The van der Waals surface area contributed by atoms with Gasteiger partial charge in [0.15, 0.2) is 11.5 Å². The number of carbonyl (C=O) groups is 1. The molecule has 0 bridgehead atoms. The Morgan fingerprint density at radius 2 is 2.00 bits per heavy atom. The first-order chi connectivity index (χ1) is 6.60. The molecule has 5 heteroatoms. The molecule has 0 saturated carbocycles. The third-order valence-electron chi connectivity index (χ3n) is 1.66. The summed E-state index contributed by atoms with van der Waals surface area (Å²) < 4.78 is 11.0. The molecule has 0 heterocycles. The van der Waals surface area contributed by atoms with E-state index in [4.69, 9.17) is 21.1 Å². The van der Waals surface area contributed by atoms with Crippen molar-refractivity contribution in [3.63, 3.8) is 0 Å². The number of hydrogen-bond donors (Lipinski definition) is 0. The van der Waals surface area contributed by atoms with Crippen LogP contribution in [0.2, 0.25) is 0 Å². The number of methoxy groups -OCH3 is 2. The first-order valence-electron chi connectivity index (χ1n) is 3.71. The van der Waals surface area contributed by atoms with Crippen molar-refractivity contribution < 1.29 is 14.3 Å². The summed E-state index contributed by atoms with van der Waals surface area (Å²) in [6.07, 6.45) is 0. The molecular weight excluding hydrogens is 318 g/mol. The summed E-state index contributed by atoms with van der Waals surface area (Å²) in [7, 11) is 3.05. The molecule has 0 saturated heterocycles. The Labute approximate surface area is 100 Å². The molecule has 0 aromatic heterocycles. The van der Waals surface area contributed by atoms with Gasteiger partial charge in [0.2, 0.25) is 0 Å². The quantitative estimate of drug-likeness (QED) is 0.633. The van der Waals surface area contributed by atoms with Crippen molar-refractivity contribution in [1.29, 1.82) is 0 Å². The Bertz CT molecular complexity index is 365. The summed E-state index contributed by atoms with van der Waals surface area (Å²) in [4.78, 5) is 10.9. The topological polar surface area (TPSA) is 35.5 Å². The van der Waals surface area contributed by atoms with Crippen LogP contribution in [-0.2, 0) is 0 Å². The van der Waals surface area contributed by atoms with Gasteiger partial charge in [0.05, 0.1) is 17.8 Å². The molecule has 0 unspecified atom stereocenters. The number of benzene rings is 1. The Hall–Kier alpha value is -0.490. The predicted octanol–water partition coefficient (Wildman–Crippen LogP) is 2.69. The van der Waals surface area contributed by atoms with Crippen molar-refractivity contribution in [3.05, 3.63) is 21.3 Å². The minimum absolute atomic E-state index is 0.397. The number of carbonyl (C=O) groups excluding carboxylic acids is 1. The van der Waals surface area contributed by atoms with Crippen LogP contribution in [0, 0.1) is 3.57 Å². The second-order valence-electron chi connectivity index (χ2n) is 2.47. The third-order valence-corrected chi connectivity index (χ3v) is 2.68. The zero-order valence-electron chi connectivity index (χ0n) is 7.64. The van der Waals surface area contributed by atoms with E-state index >= 15 is 0 Å². The third kappa shape index (κ3) is 2.30. The highest BCUT2D eigenvalue weighted by molar-refractivity contribution is 14.1. The van der Waals surface area contributed by atoms with Gasteiger partial charge in [-0.15, -0.1) is 0 Å². The van der Waals surface area contributed by atoms with E-state index in [2.05, 4.69) is 22.6 Å². The number of ether oxygens (including phenoxy) is 2. The summed E-state index contributed by atoms with van der Waals surface area (Å²) in [5.41, 5.74) is 0.397. The molecule has 0 aliphatic heterocycles. The minimum Gasteiger partial charge on any atom is -0.493 e. The zero-order valence-corrected chi connectivity index (χ0v) is 10.5. The lowest BCUT2D eigenvalue weighted by molar-refractivity contribution is 0.108. The van der Waals surface area contributed by atoms with Crippen molar-refractivity contribution in [1.82, 2.24) is 0 Å². The second kappa shape index (κ2) is 4.84. The summed E-state index contributed by atoms with van der Waals surface area (Å²) in [6.45, 7) is 0. The highest BCUT2D eigenvalue weighted by Gasteiger charge is 2.13. The van der Waals surface area contributed by atoms with Crippen molar-refractivity contribution in [3.8, 4) is 11.5 Å². The number of rotatable bonds is 3. The average molecular weight is 327 g/mol. The summed E-state index contributed by atoms with van der Waals surface area (Å²) in [5.74, 6) is 1.11. The molecule has 1 rings (SSSR count). The molecule has 14 heavy (non-hydrogen) atoms. The van der Waals surface area contributed by atoms with Crippen molar-refractivity contribution in [2.24, 2.45) is 0 Å². The average Bonchev–Trinajstić information content (AvgIpc) is 2.16. The van der Waals surface area contributed by atoms with E-state index in [1.54, 1.807) is 19.2 Å². The van der Waals surface area contributed by atoms with Crippen LogP contribution in [0.25, 0.3) is 0 Å². The first kappa shape index (κ1) is 11.6. The van der Waals surface area contributed by atoms with E-state index in [0.717, 1.165) is 3.57 Å². The van der Waals surface area contributed by atoms with Gasteiger partial charge in [0.25, 0.3) is 5.24 Å². The Morgan fingerprint density at radius 3 is 2.43 bits per heavy atom. The fourth-order valence-electron chi connectivity index (χ4n) is 1.03. The molecular formula is C9H8ClIO3. The molecule has 0 N–H and O–H groups in total. The summed E-state index contributed by atoms with van der Waals surface area (Å²) in [6, 6.07) is 3.20.